The van der Waals surface area contributed by atoms with E-state index in [2.05, 4.69) is 10.6 Å². The first-order valence-corrected chi connectivity index (χ1v) is 10.2. The van der Waals surface area contributed by atoms with E-state index >= 15 is 0 Å². The number of likely N-dealkylation sites (tertiary alicyclic amines) is 1. The molecule has 2 aromatic rings. The fraction of sp³-hybridized carbons (Fsp3) is 0.364. The number of hydrogen-bond acceptors (Lipinski definition) is 2. The average Bonchev–Trinajstić information content (AvgIpc) is 2.69. The number of halogens is 1. The summed E-state index contributed by atoms with van der Waals surface area (Å²) in [4.78, 5) is 25.8. The molecule has 1 heterocycles. The van der Waals surface area contributed by atoms with Crippen molar-refractivity contribution in [2.24, 2.45) is 5.92 Å². The third-order valence-electron chi connectivity index (χ3n) is 5.14. The van der Waals surface area contributed by atoms with Crippen molar-refractivity contribution < 1.29 is 14.5 Å². The molecule has 0 spiro atoms. The molecular weight excluding hydrogens is 374 g/mol. The number of carbonyl (C=O) groups excluding carboxylic acids is 2. The lowest BCUT2D eigenvalue weighted by molar-refractivity contribution is -0.897. The largest absolute Gasteiger partial charge is 0.351 e. The molecule has 148 valence electrons. The van der Waals surface area contributed by atoms with Gasteiger partial charge in [0.15, 0.2) is 6.54 Å². The minimum Gasteiger partial charge on any atom is -0.351 e. The molecule has 6 heteroatoms. The van der Waals surface area contributed by atoms with Gasteiger partial charge in [-0.05, 0) is 36.2 Å². The van der Waals surface area contributed by atoms with Gasteiger partial charge in [0.05, 0.1) is 13.1 Å². The van der Waals surface area contributed by atoms with Crippen LogP contribution in [0.2, 0.25) is 5.02 Å². The molecule has 2 amide bonds. The van der Waals surface area contributed by atoms with Crippen LogP contribution in [0, 0.1) is 5.92 Å². The van der Waals surface area contributed by atoms with Gasteiger partial charge in [-0.1, -0.05) is 41.9 Å². The molecule has 0 bridgehead atoms. The van der Waals surface area contributed by atoms with Crippen molar-refractivity contribution in [3.05, 3.63) is 65.2 Å². The predicted molar refractivity (Wildman–Crippen MR) is 112 cm³/mol. The molecule has 0 aromatic heterocycles. The maximum Gasteiger partial charge on any atom is 0.275 e. The van der Waals surface area contributed by atoms with Gasteiger partial charge >= 0.3 is 0 Å². The van der Waals surface area contributed by atoms with Gasteiger partial charge in [0.1, 0.15) is 0 Å². The number of hydrogen-bond donors (Lipinski definition) is 3. The lowest BCUT2D eigenvalue weighted by Crippen LogP contribution is -3.14. The van der Waals surface area contributed by atoms with Crippen LogP contribution in [0.5, 0.6) is 0 Å². The van der Waals surface area contributed by atoms with E-state index in [9.17, 15) is 9.59 Å². The van der Waals surface area contributed by atoms with E-state index in [4.69, 9.17) is 11.6 Å². The van der Waals surface area contributed by atoms with E-state index in [1.807, 2.05) is 54.6 Å². The summed E-state index contributed by atoms with van der Waals surface area (Å²) in [7, 11) is 0. The lowest BCUT2D eigenvalue weighted by atomic mass is 9.96. The maximum absolute atomic E-state index is 12.4. The Morgan fingerprint density at radius 3 is 2.50 bits per heavy atom. The molecule has 0 radical (unpaired) electrons. The lowest BCUT2D eigenvalue weighted by Gasteiger charge is -2.28. The topological polar surface area (TPSA) is 62.6 Å². The van der Waals surface area contributed by atoms with Crippen molar-refractivity contribution in [2.75, 3.05) is 31.5 Å². The minimum atomic E-state index is 0.0230. The van der Waals surface area contributed by atoms with E-state index in [1.165, 1.54) is 4.90 Å². The van der Waals surface area contributed by atoms with E-state index in [-0.39, 0.29) is 17.7 Å². The molecule has 28 heavy (non-hydrogen) atoms. The highest BCUT2D eigenvalue weighted by molar-refractivity contribution is 6.30. The van der Waals surface area contributed by atoms with Gasteiger partial charge in [-0.3, -0.25) is 9.59 Å². The molecule has 1 saturated heterocycles. The second kappa shape index (κ2) is 10.2. The Kier molecular flexibility index (Phi) is 7.46. The van der Waals surface area contributed by atoms with Crippen molar-refractivity contribution in [2.45, 2.75) is 19.3 Å². The van der Waals surface area contributed by atoms with Crippen molar-refractivity contribution in [3.8, 4) is 0 Å². The number of benzene rings is 2. The van der Waals surface area contributed by atoms with Gasteiger partial charge in [0.25, 0.3) is 5.91 Å². The van der Waals surface area contributed by atoms with Gasteiger partial charge < -0.3 is 15.5 Å². The second-order valence-corrected chi connectivity index (χ2v) is 7.72. The van der Waals surface area contributed by atoms with Gasteiger partial charge in [-0.2, -0.15) is 0 Å². The molecular formula is C22H27ClN3O2+. The van der Waals surface area contributed by atoms with Gasteiger partial charge in [-0.15, -0.1) is 0 Å². The Balaban J connectivity index is 1.34. The Labute approximate surface area is 171 Å². The molecule has 0 aliphatic carbocycles. The van der Waals surface area contributed by atoms with Crippen LogP contribution in [0.1, 0.15) is 18.4 Å². The minimum absolute atomic E-state index is 0.0230. The molecule has 3 N–H and O–H groups in total. The zero-order chi connectivity index (χ0) is 19.8. The van der Waals surface area contributed by atoms with Crippen LogP contribution in [-0.4, -0.2) is 38.0 Å². The fourth-order valence-corrected chi connectivity index (χ4v) is 3.77. The number of carbonyl (C=O) groups is 2. The predicted octanol–water partition coefficient (Wildman–Crippen LogP) is 1.93. The summed E-state index contributed by atoms with van der Waals surface area (Å²) < 4.78 is 0. The van der Waals surface area contributed by atoms with Gasteiger partial charge in [0.2, 0.25) is 5.91 Å². The van der Waals surface area contributed by atoms with E-state index < -0.39 is 0 Å². The standard InChI is InChI=1S/C22H26ClN3O2/c23-19-6-4-5-17(15-19)9-12-24-21(27)16-26-13-10-18(11-14-26)22(28)25-20-7-2-1-3-8-20/h1-8,15,18H,9-14,16H2,(H,24,27)(H,25,28)/p+1. The molecule has 1 aliphatic heterocycles. The van der Waals surface area contributed by atoms with Crippen LogP contribution < -0.4 is 15.5 Å². The Bertz CT molecular complexity index is 789. The summed E-state index contributed by atoms with van der Waals surface area (Å²) >= 11 is 5.98. The van der Waals surface area contributed by atoms with Crippen LogP contribution in [0.25, 0.3) is 0 Å². The van der Waals surface area contributed by atoms with Crippen LogP contribution in [-0.2, 0) is 16.0 Å². The Morgan fingerprint density at radius 1 is 1.04 bits per heavy atom. The monoisotopic (exact) mass is 400 g/mol. The Morgan fingerprint density at radius 2 is 1.79 bits per heavy atom. The number of amides is 2. The molecule has 1 fully saturated rings. The first-order valence-electron chi connectivity index (χ1n) is 9.81. The van der Waals surface area contributed by atoms with Crippen LogP contribution >= 0.6 is 11.6 Å². The van der Waals surface area contributed by atoms with Crippen LogP contribution in [0.4, 0.5) is 5.69 Å². The highest BCUT2D eigenvalue weighted by Crippen LogP contribution is 2.14. The van der Waals surface area contributed by atoms with Crippen molar-refractivity contribution in [1.82, 2.24) is 5.32 Å². The summed E-state index contributed by atoms with van der Waals surface area (Å²) in [5.41, 5.74) is 1.95. The second-order valence-electron chi connectivity index (χ2n) is 7.29. The molecule has 3 rings (SSSR count). The van der Waals surface area contributed by atoms with E-state index in [0.717, 1.165) is 43.6 Å². The molecule has 0 unspecified atom stereocenters. The third kappa shape index (κ3) is 6.36. The molecule has 2 aromatic carbocycles. The number of piperidine rings is 1. The zero-order valence-electron chi connectivity index (χ0n) is 15.9. The van der Waals surface area contributed by atoms with E-state index in [1.54, 1.807) is 0 Å². The number of quaternary nitrogens is 1. The smallest absolute Gasteiger partial charge is 0.275 e. The third-order valence-corrected chi connectivity index (χ3v) is 5.38. The SMILES string of the molecule is O=C(C[NH+]1CCC(C(=O)Nc2ccccc2)CC1)NCCc1cccc(Cl)c1. The van der Waals surface area contributed by atoms with Crippen molar-refractivity contribution in [3.63, 3.8) is 0 Å². The highest BCUT2D eigenvalue weighted by atomic mass is 35.5. The first-order chi connectivity index (χ1) is 13.6. The van der Waals surface area contributed by atoms with Crippen LogP contribution in [0.3, 0.4) is 0 Å². The molecule has 0 atom stereocenters. The number of anilines is 1. The number of nitrogens with one attached hydrogen (secondary N) is 3. The number of para-hydroxylation sites is 1. The Hall–Kier alpha value is -2.37. The zero-order valence-corrected chi connectivity index (χ0v) is 16.7. The maximum atomic E-state index is 12.4. The van der Waals surface area contributed by atoms with Gasteiger partial charge in [-0.25, -0.2) is 0 Å². The summed E-state index contributed by atoms with van der Waals surface area (Å²) in [5, 5.41) is 6.68. The summed E-state index contributed by atoms with van der Waals surface area (Å²) in [5.74, 6) is 0.162. The average molecular weight is 401 g/mol. The summed E-state index contributed by atoms with van der Waals surface area (Å²) in [6.07, 6.45) is 2.39. The molecule has 0 saturated carbocycles. The summed E-state index contributed by atoms with van der Waals surface area (Å²) in [6, 6.07) is 17.2. The summed E-state index contributed by atoms with van der Waals surface area (Å²) in [6.45, 7) is 2.75. The quantitative estimate of drug-likeness (QED) is 0.665. The number of rotatable bonds is 7. The van der Waals surface area contributed by atoms with E-state index in [0.29, 0.717) is 18.1 Å². The molecule has 5 nitrogen and oxygen atoms in total. The van der Waals surface area contributed by atoms with Gasteiger partial charge in [0, 0.05) is 36.0 Å². The van der Waals surface area contributed by atoms with Crippen molar-refractivity contribution in [1.29, 1.82) is 0 Å². The van der Waals surface area contributed by atoms with Crippen LogP contribution in [0.15, 0.2) is 54.6 Å². The first kappa shape index (κ1) is 20.4. The molecule has 1 aliphatic rings. The normalized spacial score (nSPS) is 19.0. The fourth-order valence-electron chi connectivity index (χ4n) is 3.56. The van der Waals surface area contributed by atoms with Crippen molar-refractivity contribution >= 4 is 29.1 Å². The highest BCUT2D eigenvalue weighted by Gasteiger charge is 2.28.